The van der Waals surface area contributed by atoms with Crippen molar-refractivity contribution in [1.82, 2.24) is 24.9 Å². The Morgan fingerprint density at radius 3 is 2.96 bits per heavy atom. The zero-order valence-electron chi connectivity index (χ0n) is 13.9. The molecule has 1 N–H and O–H groups in total. The molecule has 3 heterocycles. The summed E-state index contributed by atoms with van der Waals surface area (Å²) in [5.41, 5.74) is 2.27. The Hall–Kier alpha value is -1.93. The van der Waals surface area contributed by atoms with Gasteiger partial charge in [0.25, 0.3) is 5.91 Å². The third-order valence-electron chi connectivity index (χ3n) is 4.39. The van der Waals surface area contributed by atoms with Gasteiger partial charge in [-0.25, -0.2) is 14.5 Å². The van der Waals surface area contributed by atoms with Crippen molar-refractivity contribution in [3.05, 3.63) is 41.3 Å². The summed E-state index contributed by atoms with van der Waals surface area (Å²) in [7, 11) is 0. The van der Waals surface area contributed by atoms with Gasteiger partial charge in [0.2, 0.25) is 0 Å². The SMILES string of the molecule is Cc1csc(SC2CCC(NC(=O)c3cnc4cccnn34)CC2)n1. The van der Waals surface area contributed by atoms with Gasteiger partial charge in [0.15, 0.2) is 5.65 Å². The molecule has 0 radical (unpaired) electrons. The van der Waals surface area contributed by atoms with E-state index in [1.54, 1.807) is 28.2 Å². The Balaban J connectivity index is 1.33. The normalized spacial score (nSPS) is 20.7. The van der Waals surface area contributed by atoms with Crippen LogP contribution in [0.5, 0.6) is 0 Å². The van der Waals surface area contributed by atoms with Crippen LogP contribution >= 0.6 is 23.1 Å². The smallest absolute Gasteiger partial charge is 0.271 e. The summed E-state index contributed by atoms with van der Waals surface area (Å²) in [4.78, 5) is 21.3. The number of aromatic nitrogens is 4. The predicted molar refractivity (Wildman–Crippen MR) is 99.2 cm³/mol. The zero-order valence-corrected chi connectivity index (χ0v) is 15.5. The minimum Gasteiger partial charge on any atom is -0.348 e. The van der Waals surface area contributed by atoms with E-state index in [1.807, 2.05) is 30.8 Å². The van der Waals surface area contributed by atoms with E-state index in [-0.39, 0.29) is 11.9 Å². The van der Waals surface area contributed by atoms with E-state index in [0.717, 1.165) is 35.7 Å². The van der Waals surface area contributed by atoms with Gasteiger partial charge in [0, 0.05) is 28.6 Å². The van der Waals surface area contributed by atoms with Crippen molar-refractivity contribution >= 4 is 34.7 Å². The lowest BCUT2D eigenvalue weighted by Gasteiger charge is -2.28. The first-order valence-corrected chi connectivity index (χ1v) is 10.1. The first-order chi connectivity index (χ1) is 12.2. The molecule has 8 heteroatoms. The van der Waals surface area contributed by atoms with Gasteiger partial charge in [-0.15, -0.1) is 11.3 Å². The van der Waals surface area contributed by atoms with Crippen LogP contribution in [-0.4, -0.2) is 36.8 Å². The Morgan fingerprint density at radius 2 is 2.20 bits per heavy atom. The number of carbonyl (C=O) groups is 1. The minimum absolute atomic E-state index is 0.0992. The molecule has 0 atom stereocenters. The third kappa shape index (κ3) is 3.69. The Kier molecular flexibility index (Phi) is 4.72. The van der Waals surface area contributed by atoms with Crippen LogP contribution < -0.4 is 5.32 Å². The number of carbonyl (C=O) groups excluding carboxylic acids is 1. The fourth-order valence-electron chi connectivity index (χ4n) is 3.10. The number of amides is 1. The zero-order chi connectivity index (χ0) is 17.2. The molecule has 130 valence electrons. The van der Waals surface area contributed by atoms with Crippen molar-refractivity contribution in [2.24, 2.45) is 0 Å². The highest BCUT2D eigenvalue weighted by Crippen LogP contribution is 2.35. The van der Waals surface area contributed by atoms with Crippen LogP contribution in [0.25, 0.3) is 5.65 Å². The number of thiazole rings is 1. The summed E-state index contributed by atoms with van der Waals surface area (Å²) in [6.45, 7) is 2.03. The number of nitrogens with one attached hydrogen (secondary N) is 1. The molecule has 0 saturated heterocycles. The number of fused-ring (bicyclic) bond motifs is 1. The predicted octanol–water partition coefficient (Wildman–Crippen LogP) is 3.33. The summed E-state index contributed by atoms with van der Waals surface area (Å²) in [6.07, 6.45) is 7.44. The van der Waals surface area contributed by atoms with Gasteiger partial charge in [0.05, 0.1) is 6.20 Å². The number of thioether (sulfide) groups is 1. The van der Waals surface area contributed by atoms with E-state index in [0.29, 0.717) is 16.6 Å². The fourth-order valence-corrected chi connectivity index (χ4v) is 5.38. The van der Waals surface area contributed by atoms with E-state index in [1.165, 1.54) is 0 Å². The summed E-state index contributed by atoms with van der Waals surface area (Å²) < 4.78 is 2.74. The van der Waals surface area contributed by atoms with Crippen molar-refractivity contribution in [2.75, 3.05) is 0 Å². The molecule has 1 aliphatic rings. The lowest BCUT2D eigenvalue weighted by molar-refractivity contribution is 0.0921. The second-order valence-corrected chi connectivity index (χ2v) is 8.66. The number of imidazole rings is 1. The quantitative estimate of drug-likeness (QED) is 0.759. The van der Waals surface area contributed by atoms with Crippen LogP contribution in [0.15, 0.2) is 34.2 Å². The summed E-state index contributed by atoms with van der Waals surface area (Å²) in [5.74, 6) is -0.0992. The summed E-state index contributed by atoms with van der Waals surface area (Å²) >= 11 is 3.60. The van der Waals surface area contributed by atoms with Crippen molar-refractivity contribution in [3.63, 3.8) is 0 Å². The largest absolute Gasteiger partial charge is 0.348 e. The van der Waals surface area contributed by atoms with Crippen LogP contribution in [0, 0.1) is 6.92 Å². The number of nitrogens with zero attached hydrogens (tertiary/aromatic N) is 4. The van der Waals surface area contributed by atoms with Gasteiger partial charge in [-0.05, 0) is 44.7 Å². The molecule has 0 aliphatic heterocycles. The van der Waals surface area contributed by atoms with Crippen molar-refractivity contribution < 1.29 is 4.79 Å². The van der Waals surface area contributed by atoms with Gasteiger partial charge < -0.3 is 5.32 Å². The summed E-state index contributed by atoms with van der Waals surface area (Å²) in [5, 5.41) is 10.0. The van der Waals surface area contributed by atoms with Gasteiger partial charge in [-0.3, -0.25) is 4.79 Å². The highest BCUT2D eigenvalue weighted by Gasteiger charge is 2.25. The molecule has 4 rings (SSSR count). The molecule has 1 saturated carbocycles. The van der Waals surface area contributed by atoms with Gasteiger partial charge in [-0.1, -0.05) is 11.8 Å². The van der Waals surface area contributed by atoms with E-state index in [4.69, 9.17) is 0 Å². The highest BCUT2D eigenvalue weighted by atomic mass is 32.2. The molecule has 0 spiro atoms. The molecular formula is C17H19N5OS2. The van der Waals surface area contributed by atoms with E-state index < -0.39 is 0 Å². The summed E-state index contributed by atoms with van der Waals surface area (Å²) in [6, 6.07) is 3.87. The maximum Gasteiger partial charge on any atom is 0.271 e. The molecule has 3 aromatic heterocycles. The molecule has 0 unspecified atom stereocenters. The second kappa shape index (κ2) is 7.13. The Morgan fingerprint density at radius 1 is 1.36 bits per heavy atom. The van der Waals surface area contributed by atoms with Crippen LogP contribution in [0.4, 0.5) is 0 Å². The maximum atomic E-state index is 12.5. The Bertz CT molecular complexity index is 882. The number of hydrogen-bond donors (Lipinski definition) is 1. The topological polar surface area (TPSA) is 72.2 Å². The minimum atomic E-state index is -0.0992. The molecule has 0 aromatic carbocycles. The second-order valence-electron chi connectivity index (χ2n) is 6.26. The van der Waals surface area contributed by atoms with Crippen LogP contribution in [0.1, 0.15) is 41.9 Å². The van der Waals surface area contributed by atoms with Gasteiger partial charge >= 0.3 is 0 Å². The van der Waals surface area contributed by atoms with Gasteiger partial charge in [0.1, 0.15) is 10.0 Å². The Labute approximate surface area is 154 Å². The monoisotopic (exact) mass is 373 g/mol. The molecule has 0 bridgehead atoms. The number of rotatable bonds is 4. The first-order valence-electron chi connectivity index (χ1n) is 8.37. The average Bonchev–Trinajstić information content (AvgIpc) is 3.23. The van der Waals surface area contributed by atoms with E-state index in [2.05, 4.69) is 25.8 Å². The molecular weight excluding hydrogens is 354 g/mol. The average molecular weight is 374 g/mol. The highest BCUT2D eigenvalue weighted by molar-refractivity contribution is 8.01. The number of aryl methyl sites for hydroxylation is 1. The molecule has 25 heavy (non-hydrogen) atoms. The van der Waals surface area contributed by atoms with Crippen molar-refractivity contribution in [1.29, 1.82) is 0 Å². The number of hydrogen-bond acceptors (Lipinski definition) is 6. The van der Waals surface area contributed by atoms with E-state index in [9.17, 15) is 4.79 Å². The fraction of sp³-hybridized carbons (Fsp3) is 0.412. The third-order valence-corrected chi connectivity index (χ3v) is 6.81. The van der Waals surface area contributed by atoms with Crippen LogP contribution in [0.3, 0.4) is 0 Å². The molecule has 1 amide bonds. The molecule has 6 nitrogen and oxygen atoms in total. The van der Waals surface area contributed by atoms with E-state index >= 15 is 0 Å². The molecule has 1 aliphatic carbocycles. The lowest BCUT2D eigenvalue weighted by Crippen LogP contribution is -2.38. The standard InChI is InChI=1S/C17H19N5OS2/c1-11-10-24-17(20-11)25-13-6-4-12(5-7-13)21-16(23)14-9-18-15-3-2-8-19-22(14)15/h2-3,8-10,12-13H,4-7H2,1H3,(H,21,23). The van der Waals surface area contributed by atoms with Crippen LogP contribution in [-0.2, 0) is 0 Å². The maximum absolute atomic E-state index is 12.5. The molecule has 3 aromatic rings. The van der Waals surface area contributed by atoms with Gasteiger partial charge in [-0.2, -0.15) is 5.10 Å². The van der Waals surface area contributed by atoms with Crippen LogP contribution in [0.2, 0.25) is 0 Å². The van der Waals surface area contributed by atoms with Crippen molar-refractivity contribution in [3.8, 4) is 0 Å². The first kappa shape index (κ1) is 16.5. The molecule has 1 fully saturated rings. The lowest BCUT2D eigenvalue weighted by atomic mass is 9.95. The van der Waals surface area contributed by atoms with Crippen molar-refractivity contribution in [2.45, 2.75) is 48.2 Å².